The second-order valence-corrected chi connectivity index (χ2v) is 4.34. The third-order valence-electron chi connectivity index (χ3n) is 1.91. The molecule has 1 heterocycles. The molecule has 0 aliphatic heterocycles. The molecule has 0 aliphatic rings. The van der Waals surface area contributed by atoms with Crippen LogP contribution < -0.4 is 24.8 Å². The minimum absolute atomic E-state index is 0. The normalized spacial score (nSPS) is 9.86. The van der Waals surface area contributed by atoms with Gasteiger partial charge in [-0.1, -0.05) is 0 Å². The number of rotatable bonds is 2. The maximum Gasteiger partial charge on any atom is -1.00 e. The second kappa shape index (κ2) is 6.82. The fraction of sp³-hybridized carbons (Fsp3) is 0.667. The van der Waals surface area contributed by atoms with Gasteiger partial charge in [0.2, 0.25) is 0 Å². The van der Waals surface area contributed by atoms with E-state index in [1.54, 1.807) is 0 Å². The minimum atomic E-state index is 0. The predicted molar refractivity (Wildman–Crippen MR) is 46.4 cm³/mol. The summed E-state index contributed by atoms with van der Waals surface area (Å²) in [5.41, 5.74) is 0. The van der Waals surface area contributed by atoms with Gasteiger partial charge in [-0.05, 0) is 0 Å². The number of halogens is 2. The first-order valence-electron chi connectivity index (χ1n) is 4.30. The van der Waals surface area contributed by atoms with Gasteiger partial charge in [0, 0.05) is 0 Å². The molecule has 1 aromatic rings. The van der Waals surface area contributed by atoms with Gasteiger partial charge < -0.3 is 24.8 Å². The van der Waals surface area contributed by atoms with E-state index in [9.17, 15) is 0 Å². The van der Waals surface area contributed by atoms with Crippen molar-refractivity contribution in [3.05, 3.63) is 16.4 Å². The van der Waals surface area contributed by atoms with Crippen LogP contribution in [0.1, 0.15) is 39.8 Å². The fourth-order valence-corrected chi connectivity index (χ4v) is 2.31. The average molecular weight is 324 g/mol. The fourth-order valence-electron chi connectivity index (χ4n) is 1.15. The molecule has 0 N–H and O–H groups in total. The Bertz CT molecular complexity index is 286. The molecule has 1 aromatic heterocycles. The van der Waals surface area contributed by atoms with Crippen molar-refractivity contribution in [1.29, 1.82) is 0 Å². The van der Waals surface area contributed by atoms with Crippen molar-refractivity contribution in [1.82, 2.24) is 9.13 Å². The van der Waals surface area contributed by atoms with E-state index < -0.39 is 0 Å². The van der Waals surface area contributed by atoms with Crippen LogP contribution in [-0.4, -0.2) is 9.13 Å². The summed E-state index contributed by atoms with van der Waals surface area (Å²) >= 11 is 2.69. The van der Waals surface area contributed by atoms with Crippen LogP contribution in [-0.2, 0) is 17.9 Å². The van der Waals surface area contributed by atoms with Crippen molar-refractivity contribution in [2.24, 2.45) is 0 Å². The maximum atomic E-state index is 2.69. The van der Waals surface area contributed by atoms with Crippen LogP contribution in [0, 0.1) is 4.01 Å². The summed E-state index contributed by atoms with van der Waals surface area (Å²) in [6.45, 7) is 8.78. The molecule has 14 heavy (non-hydrogen) atoms. The van der Waals surface area contributed by atoms with Crippen LogP contribution in [0.5, 0.6) is 0 Å². The van der Waals surface area contributed by atoms with Gasteiger partial charge in [-0.2, -0.15) is 0 Å². The largest absolute Gasteiger partial charge is 1.00 e. The molecule has 0 fully saturated rings. The van der Waals surface area contributed by atoms with E-state index in [0.29, 0.717) is 12.1 Å². The zero-order valence-electron chi connectivity index (χ0n) is 8.81. The molecule has 84 valence electrons. The summed E-state index contributed by atoms with van der Waals surface area (Å²) in [4.78, 5) is 0. The van der Waals surface area contributed by atoms with Crippen LogP contribution in [0.4, 0.5) is 0 Å². The first-order valence-corrected chi connectivity index (χ1v) is 5.17. The Kier molecular flexibility index (Phi) is 8.19. The Morgan fingerprint density at radius 2 is 1.21 bits per heavy atom. The second-order valence-electron chi connectivity index (χ2n) is 3.56. The minimum Gasteiger partial charge on any atom is -1.00 e. The SMILES string of the molecule is CC(C)n1ccn(C(C)C)[c]1=[Ru+2].[Cl-].[Cl-]. The van der Waals surface area contributed by atoms with Crippen molar-refractivity contribution in [2.75, 3.05) is 0 Å². The van der Waals surface area contributed by atoms with Gasteiger partial charge in [0.15, 0.2) is 0 Å². The molecule has 0 saturated heterocycles. The number of hydrogen-bond acceptors (Lipinski definition) is 0. The van der Waals surface area contributed by atoms with Crippen molar-refractivity contribution in [3.63, 3.8) is 0 Å². The van der Waals surface area contributed by atoms with Crippen molar-refractivity contribution >= 4 is 0 Å². The molecule has 0 amide bonds. The molecule has 0 unspecified atom stereocenters. The Morgan fingerprint density at radius 3 is 1.36 bits per heavy atom. The number of imidazole rings is 1. The van der Waals surface area contributed by atoms with Crippen LogP contribution in [0.15, 0.2) is 12.4 Å². The van der Waals surface area contributed by atoms with E-state index in [1.807, 2.05) is 0 Å². The van der Waals surface area contributed by atoms with E-state index in [2.05, 4.69) is 67.1 Å². The van der Waals surface area contributed by atoms with Gasteiger partial charge in [-0.15, -0.1) is 0 Å². The first-order chi connectivity index (χ1) is 5.54. The first kappa shape index (κ1) is 16.8. The number of aromatic nitrogens is 2. The zero-order chi connectivity index (χ0) is 9.30. The standard InChI is InChI=1S/C9H16N2.2ClH.Ru/c1-8(2)10-5-6-11(7-10)9(3)4;;;/h5-6,8-9H,1-4H3;2*1H;/q;;;+2/p-2. The van der Waals surface area contributed by atoms with Crippen LogP contribution in [0.25, 0.3) is 0 Å². The molecule has 0 aliphatic carbocycles. The molecule has 0 spiro atoms. The van der Waals surface area contributed by atoms with E-state index in [1.165, 1.54) is 4.01 Å². The number of hydrogen-bond donors (Lipinski definition) is 0. The summed E-state index contributed by atoms with van der Waals surface area (Å²) in [7, 11) is 0. The summed E-state index contributed by atoms with van der Waals surface area (Å²) in [5, 5.41) is 0. The van der Waals surface area contributed by atoms with E-state index in [0.717, 1.165) is 0 Å². The summed E-state index contributed by atoms with van der Waals surface area (Å²) in [5.74, 6) is 0. The van der Waals surface area contributed by atoms with Crippen LogP contribution in [0.2, 0.25) is 0 Å². The van der Waals surface area contributed by atoms with Gasteiger partial charge in [-0.3, -0.25) is 0 Å². The molecule has 0 radical (unpaired) electrons. The van der Waals surface area contributed by atoms with Gasteiger partial charge in [0.05, 0.1) is 0 Å². The zero-order valence-corrected chi connectivity index (χ0v) is 12.1. The molecule has 0 saturated carbocycles. The Morgan fingerprint density at radius 1 is 0.929 bits per heavy atom. The molecule has 5 heteroatoms. The third-order valence-corrected chi connectivity index (χ3v) is 2.81. The van der Waals surface area contributed by atoms with E-state index in [-0.39, 0.29) is 24.8 Å². The third kappa shape index (κ3) is 3.53. The average Bonchev–Trinajstić information content (AvgIpc) is 2.30. The smallest absolute Gasteiger partial charge is 1.00 e. The van der Waals surface area contributed by atoms with E-state index in [4.69, 9.17) is 0 Å². The molecule has 0 aromatic carbocycles. The topological polar surface area (TPSA) is 9.86 Å². The summed E-state index contributed by atoms with van der Waals surface area (Å²) in [6.07, 6.45) is 4.27. The Balaban J connectivity index is 0. The summed E-state index contributed by atoms with van der Waals surface area (Å²) in [6, 6.07) is 1.09. The van der Waals surface area contributed by atoms with Gasteiger partial charge in [-0.25, -0.2) is 0 Å². The van der Waals surface area contributed by atoms with Crippen molar-refractivity contribution < 1.29 is 42.7 Å². The molecule has 0 atom stereocenters. The molecular formula is C9H16Cl2N2Ru. The monoisotopic (exact) mass is 324 g/mol. The van der Waals surface area contributed by atoms with Crippen molar-refractivity contribution in [3.8, 4) is 0 Å². The van der Waals surface area contributed by atoms with E-state index >= 15 is 0 Å². The van der Waals surface area contributed by atoms with Gasteiger partial charge in [0.1, 0.15) is 0 Å². The Hall–Kier alpha value is 0.413. The van der Waals surface area contributed by atoms with Crippen LogP contribution in [0.3, 0.4) is 0 Å². The Labute approximate surface area is 108 Å². The van der Waals surface area contributed by atoms with Gasteiger partial charge >= 0.3 is 83.2 Å². The molecule has 2 nitrogen and oxygen atoms in total. The maximum absolute atomic E-state index is 2.69. The van der Waals surface area contributed by atoms with Crippen molar-refractivity contribution in [2.45, 2.75) is 39.8 Å². The van der Waals surface area contributed by atoms with Crippen LogP contribution >= 0.6 is 0 Å². The molecular weight excluding hydrogens is 308 g/mol. The predicted octanol–water partition coefficient (Wildman–Crippen LogP) is -3.46. The quantitative estimate of drug-likeness (QED) is 0.501. The molecule has 1 rings (SSSR count). The number of nitrogens with zero attached hydrogens (tertiary/aromatic N) is 2. The molecule has 0 bridgehead atoms. The summed E-state index contributed by atoms with van der Waals surface area (Å²) < 4.78 is 5.78. The van der Waals surface area contributed by atoms with Gasteiger partial charge in [0.25, 0.3) is 0 Å².